The van der Waals surface area contributed by atoms with Crippen LogP contribution in [0.1, 0.15) is 11.9 Å². The molecule has 2 heterocycles. The fraction of sp³-hybridized carbons (Fsp3) is 0.667. The normalized spacial score (nSPS) is 29.2. The molecule has 0 aliphatic carbocycles. The van der Waals surface area contributed by atoms with Crippen LogP contribution in [0.25, 0.3) is 0 Å². The van der Waals surface area contributed by atoms with Gasteiger partial charge in [0.25, 0.3) is 0 Å². The second-order valence-electron chi connectivity index (χ2n) is 4.06. The first-order valence-electron chi connectivity index (χ1n) is 4.90. The van der Waals surface area contributed by atoms with Crippen molar-refractivity contribution < 1.29 is 14.6 Å². The number of carboxylic acids is 1. The number of hydrogen-bond donors (Lipinski definition) is 2. The van der Waals surface area contributed by atoms with Crippen molar-refractivity contribution in [3.63, 3.8) is 0 Å². The Labute approximate surface area is 96.6 Å². The Balaban J connectivity index is 2.12. The molecule has 2 rings (SSSR count). The molecular weight excluding hydrogens is 230 g/mol. The van der Waals surface area contributed by atoms with E-state index in [1.54, 1.807) is 6.92 Å². The summed E-state index contributed by atoms with van der Waals surface area (Å²) in [4.78, 5) is 11.2. The summed E-state index contributed by atoms with van der Waals surface area (Å²) < 4.78 is 5.23. The van der Waals surface area contributed by atoms with Gasteiger partial charge in [0.1, 0.15) is 10.4 Å². The van der Waals surface area contributed by atoms with Crippen LogP contribution in [0.4, 0.5) is 5.13 Å². The minimum Gasteiger partial charge on any atom is -0.481 e. The monoisotopic (exact) mass is 243 g/mol. The summed E-state index contributed by atoms with van der Waals surface area (Å²) in [6.07, 6.45) is 0. The van der Waals surface area contributed by atoms with E-state index in [4.69, 9.17) is 4.74 Å². The molecule has 0 aromatic carbocycles. The van der Waals surface area contributed by atoms with E-state index in [1.165, 1.54) is 11.3 Å². The second kappa shape index (κ2) is 3.99. The molecule has 0 spiro atoms. The van der Waals surface area contributed by atoms with Gasteiger partial charge in [-0.05, 0) is 13.8 Å². The molecule has 0 saturated carbocycles. The predicted molar refractivity (Wildman–Crippen MR) is 58.6 cm³/mol. The maximum atomic E-state index is 11.2. The molecule has 2 unspecified atom stereocenters. The molecule has 0 radical (unpaired) electrons. The molecule has 88 valence electrons. The average molecular weight is 243 g/mol. The van der Waals surface area contributed by atoms with Crippen molar-refractivity contribution in [2.24, 2.45) is 5.41 Å². The van der Waals surface area contributed by atoms with E-state index in [9.17, 15) is 9.90 Å². The molecule has 16 heavy (non-hydrogen) atoms. The van der Waals surface area contributed by atoms with E-state index >= 15 is 0 Å². The number of anilines is 1. The van der Waals surface area contributed by atoms with Crippen LogP contribution < -0.4 is 5.32 Å². The van der Waals surface area contributed by atoms with Crippen LogP contribution in [0.5, 0.6) is 0 Å². The van der Waals surface area contributed by atoms with Gasteiger partial charge in [0.05, 0.1) is 19.3 Å². The maximum absolute atomic E-state index is 11.2. The highest BCUT2D eigenvalue weighted by atomic mass is 32.1. The van der Waals surface area contributed by atoms with Crippen LogP contribution in [0, 0.1) is 12.3 Å². The molecule has 1 aliphatic rings. The van der Waals surface area contributed by atoms with Gasteiger partial charge in [-0.2, -0.15) is 0 Å². The molecule has 2 atom stereocenters. The third-order valence-electron chi connectivity index (χ3n) is 2.77. The number of carbonyl (C=O) groups is 1. The summed E-state index contributed by atoms with van der Waals surface area (Å²) in [5, 5.41) is 21.5. The standard InChI is InChI=1S/C9H13N3O3S/c1-5-11-12-8(16-5)10-6-3-15-4-9(6,2)7(13)14/h6H,3-4H2,1-2H3,(H,10,12)(H,13,14). The van der Waals surface area contributed by atoms with E-state index < -0.39 is 11.4 Å². The molecule has 1 saturated heterocycles. The number of aromatic nitrogens is 2. The highest BCUT2D eigenvalue weighted by Crippen LogP contribution is 2.31. The summed E-state index contributed by atoms with van der Waals surface area (Å²) in [5.41, 5.74) is -0.903. The van der Waals surface area contributed by atoms with Gasteiger partial charge in [0.2, 0.25) is 5.13 Å². The van der Waals surface area contributed by atoms with E-state index in [-0.39, 0.29) is 12.6 Å². The number of ether oxygens (including phenoxy) is 1. The molecule has 2 N–H and O–H groups in total. The topological polar surface area (TPSA) is 84.3 Å². The van der Waals surface area contributed by atoms with E-state index in [2.05, 4.69) is 15.5 Å². The summed E-state index contributed by atoms with van der Waals surface area (Å²) in [5.74, 6) is -0.858. The predicted octanol–water partition coefficient (Wildman–Crippen LogP) is 0.748. The lowest BCUT2D eigenvalue weighted by atomic mass is 9.85. The Hall–Kier alpha value is -1.21. The van der Waals surface area contributed by atoms with Crippen LogP contribution in [-0.2, 0) is 9.53 Å². The molecule has 0 amide bonds. The smallest absolute Gasteiger partial charge is 0.313 e. The quantitative estimate of drug-likeness (QED) is 0.815. The Morgan fingerprint density at radius 3 is 3.00 bits per heavy atom. The van der Waals surface area contributed by atoms with Crippen molar-refractivity contribution in [2.45, 2.75) is 19.9 Å². The highest BCUT2D eigenvalue weighted by Gasteiger charge is 2.47. The SMILES string of the molecule is Cc1nnc(NC2COCC2(C)C(=O)O)s1. The van der Waals surface area contributed by atoms with Crippen molar-refractivity contribution in [2.75, 3.05) is 18.5 Å². The average Bonchev–Trinajstić information content (AvgIpc) is 2.76. The van der Waals surface area contributed by atoms with Gasteiger partial charge >= 0.3 is 5.97 Å². The van der Waals surface area contributed by atoms with E-state index in [1.807, 2.05) is 6.92 Å². The zero-order valence-electron chi connectivity index (χ0n) is 9.06. The van der Waals surface area contributed by atoms with Crippen LogP contribution in [0.3, 0.4) is 0 Å². The van der Waals surface area contributed by atoms with Gasteiger partial charge in [-0.1, -0.05) is 11.3 Å². The Morgan fingerprint density at radius 1 is 1.69 bits per heavy atom. The molecule has 1 aromatic heterocycles. The first-order valence-corrected chi connectivity index (χ1v) is 5.72. The number of nitrogens with one attached hydrogen (secondary N) is 1. The molecule has 7 heteroatoms. The summed E-state index contributed by atoms with van der Waals surface area (Å²) in [6.45, 7) is 4.12. The number of aryl methyl sites for hydroxylation is 1. The summed E-state index contributed by atoms with van der Waals surface area (Å²) in [6, 6.07) is -0.266. The van der Waals surface area contributed by atoms with Crippen LogP contribution >= 0.6 is 11.3 Å². The lowest BCUT2D eigenvalue weighted by molar-refractivity contribution is -0.148. The van der Waals surface area contributed by atoms with Gasteiger partial charge in [-0.25, -0.2) is 0 Å². The van der Waals surface area contributed by atoms with E-state index in [0.717, 1.165) is 5.01 Å². The Kier molecular flexibility index (Phi) is 2.81. The third-order valence-corrected chi connectivity index (χ3v) is 3.54. The number of nitrogens with zero attached hydrogens (tertiary/aromatic N) is 2. The van der Waals surface area contributed by atoms with Gasteiger partial charge in [0.15, 0.2) is 0 Å². The van der Waals surface area contributed by atoms with Crippen molar-refractivity contribution in [3.05, 3.63) is 5.01 Å². The van der Waals surface area contributed by atoms with Crippen molar-refractivity contribution in [3.8, 4) is 0 Å². The largest absolute Gasteiger partial charge is 0.481 e. The number of rotatable bonds is 3. The molecule has 0 bridgehead atoms. The van der Waals surface area contributed by atoms with Crippen LogP contribution in [0.15, 0.2) is 0 Å². The molecular formula is C9H13N3O3S. The van der Waals surface area contributed by atoms with E-state index in [0.29, 0.717) is 11.7 Å². The summed E-state index contributed by atoms with van der Waals surface area (Å²) in [7, 11) is 0. The number of carboxylic acid groups (broad SMARTS) is 1. The molecule has 1 aromatic rings. The third kappa shape index (κ3) is 1.88. The zero-order chi connectivity index (χ0) is 11.8. The number of hydrogen-bond acceptors (Lipinski definition) is 6. The lowest BCUT2D eigenvalue weighted by Crippen LogP contribution is -2.43. The minimum atomic E-state index is -0.903. The van der Waals surface area contributed by atoms with Crippen LogP contribution in [-0.4, -0.2) is 40.5 Å². The lowest BCUT2D eigenvalue weighted by Gasteiger charge is -2.24. The van der Waals surface area contributed by atoms with Crippen molar-refractivity contribution >= 4 is 22.4 Å². The highest BCUT2D eigenvalue weighted by molar-refractivity contribution is 7.15. The fourth-order valence-corrected chi connectivity index (χ4v) is 2.23. The first kappa shape index (κ1) is 11.3. The van der Waals surface area contributed by atoms with Crippen LogP contribution in [0.2, 0.25) is 0 Å². The second-order valence-corrected chi connectivity index (χ2v) is 5.24. The van der Waals surface area contributed by atoms with Crippen molar-refractivity contribution in [1.82, 2.24) is 10.2 Å². The minimum absolute atomic E-state index is 0.220. The Morgan fingerprint density at radius 2 is 2.44 bits per heavy atom. The number of aliphatic carboxylic acids is 1. The molecule has 1 fully saturated rings. The Bertz CT molecular complexity index is 408. The fourth-order valence-electron chi connectivity index (χ4n) is 1.59. The maximum Gasteiger partial charge on any atom is 0.313 e. The summed E-state index contributed by atoms with van der Waals surface area (Å²) >= 11 is 1.41. The first-order chi connectivity index (χ1) is 7.52. The molecule has 6 nitrogen and oxygen atoms in total. The van der Waals surface area contributed by atoms with Gasteiger partial charge in [0, 0.05) is 0 Å². The van der Waals surface area contributed by atoms with Crippen molar-refractivity contribution in [1.29, 1.82) is 0 Å². The zero-order valence-corrected chi connectivity index (χ0v) is 9.87. The van der Waals surface area contributed by atoms with Gasteiger partial charge in [-0.15, -0.1) is 10.2 Å². The molecule has 1 aliphatic heterocycles. The van der Waals surface area contributed by atoms with Gasteiger partial charge in [-0.3, -0.25) is 4.79 Å². The van der Waals surface area contributed by atoms with Gasteiger partial charge < -0.3 is 15.2 Å².